The Morgan fingerprint density at radius 1 is 0.867 bits per heavy atom. The lowest BCUT2D eigenvalue weighted by Crippen LogP contribution is -2.44. The molecule has 2 aliphatic heterocycles. The quantitative estimate of drug-likeness (QED) is 0.685. The number of fused-ring (bicyclic) bond motifs is 1. The molecule has 0 saturated carbocycles. The second-order valence-corrected chi connectivity index (χ2v) is 9.00. The molecule has 0 N–H and O–H groups in total. The summed E-state index contributed by atoms with van der Waals surface area (Å²) >= 11 is 0. The lowest BCUT2D eigenvalue weighted by molar-refractivity contribution is 0.0375. The first-order valence-corrected chi connectivity index (χ1v) is 9.92. The summed E-state index contributed by atoms with van der Waals surface area (Å²) in [7, 11) is 0. The summed E-state index contributed by atoms with van der Waals surface area (Å²) in [4.78, 5) is 32.7. The van der Waals surface area contributed by atoms with Crippen LogP contribution in [-0.2, 0) is 9.47 Å². The molecule has 0 bridgehead atoms. The van der Waals surface area contributed by atoms with Crippen LogP contribution in [-0.4, -0.2) is 65.5 Å². The van der Waals surface area contributed by atoms with E-state index >= 15 is 0 Å². The van der Waals surface area contributed by atoms with Gasteiger partial charge in [-0.1, -0.05) is 0 Å². The standard InChI is InChI=1S/C21H29N3O6/c1-20(2,3)29-18(25)23-9-10-24(19(26)30-21(4,5)6)17(23)22-14-7-8-15-16(13-14)28-12-11-27-15/h7-8,13H,9-12H2,1-6H3. The van der Waals surface area contributed by atoms with Gasteiger partial charge < -0.3 is 18.9 Å². The van der Waals surface area contributed by atoms with Crippen LogP contribution in [0, 0.1) is 0 Å². The number of aliphatic imine (C=N–C) groups is 1. The van der Waals surface area contributed by atoms with Gasteiger partial charge in [0.2, 0.25) is 5.96 Å². The maximum atomic E-state index is 12.7. The largest absolute Gasteiger partial charge is 0.486 e. The molecule has 1 fully saturated rings. The molecular formula is C21H29N3O6. The first kappa shape index (κ1) is 21.7. The van der Waals surface area contributed by atoms with Gasteiger partial charge in [0.1, 0.15) is 24.4 Å². The minimum absolute atomic E-state index is 0.148. The van der Waals surface area contributed by atoms with E-state index in [2.05, 4.69) is 4.99 Å². The molecule has 0 radical (unpaired) electrons. The third kappa shape index (κ3) is 5.34. The Morgan fingerprint density at radius 2 is 1.37 bits per heavy atom. The Balaban J connectivity index is 1.94. The molecule has 0 unspecified atom stereocenters. The fourth-order valence-corrected chi connectivity index (χ4v) is 2.86. The van der Waals surface area contributed by atoms with E-state index in [4.69, 9.17) is 18.9 Å². The van der Waals surface area contributed by atoms with Crippen LogP contribution in [0.15, 0.2) is 23.2 Å². The highest BCUT2D eigenvalue weighted by Crippen LogP contribution is 2.34. The third-order valence-corrected chi connectivity index (χ3v) is 4.01. The Morgan fingerprint density at radius 3 is 1.87 bits per heavy atom. The van der Waals surface area contributed by atoms with Crippen molar-refractivity contribution in [3.05, 3.63) is 18.2 Å². The fraction of sp³-hybridized carbons (Fsp3) is 0.571. The Kier molecular flexibility index (Phi) is 5.83. The number of carbonyl (C=O) groups excluding carboxylic acids is 2. The molecule has 0 aliphatic carbocycles. The van der Waals surface area contributed by atoms with Crippen molar-refractivity contribution in [2.75, 3.05) is 26.3 Å². The molecule has 30 heavy (non-hydrogen) atoms. The Labute approximate surface area is 176 Å². The molecule has 2 amide bonds. The summed E-state index contributed by atoms with van der Waals surface area (Å²) in [6.45, 7) is 12.1. The van der Waals surface area contributed by atoms with Crippen molar-refractivity contribution in [2.24, 2.45) is 4.99 Å². The normalized spacial score (nSPS) is 16.4. The minimum Gasteiger partial charge on any atom is -0.486 e. The predicted molar refractivity (Wildman–Crippen MR) is 110 cm³/mol. The van der Waals surface area contributed by atoms with Crippen LogP contribution in [0.1, 0.15) is 41.5 Å². The highest BCUT2D eigenvalue weighted by molar-refractivity contribution is 6.04. The molecule has 0 aromatic heterocycles. The maximum Gasteiger partial charge on any atom is 0.417 e. The van der Waals surface area contributed by atoms with Gasteiger partial charge in [0.05, 0.1) is 18.8 Å². The van der Waals surface area contributed by atoms with Crippen molar-refractivity contribution >= 4 is 23.8 Å². The van der Waals surface area contributed by atoms with Crippen molar-refractivity contribution < 1.29 is 28.5 Å². The number of rotatable bonds is 1. The van der Waals surface area contributed by atoms with Crippen molar-refractivity contribution in [3.63, 3.8) is 0 Å². The molecule has 2 heterocycles. The smallest absolute Gasteiger partial charge is 0.417 e. The van der Waals surface area contributed by atoms with Crippen LogP contribution >= 0.6 is 0 Å². The van der Waals surface area contributed by atoms with Gasteiger partial charge in [-0.15, -0.1) is 0 Å². The molecule has 1 aromatic carbocycles. The highest BCUT2D eigenvalue weighted by Gasteiger charge is 2.39. The van der Waals surface area contributed by atoms with Gasteiger partial charge in [0, 0.05) is 6.07 Å². The topological polar surface area (TPSA) is 89.9 Å². The van der Waals surface area contributed by atoms with Crippen LogP contribution in [0.3, 0.4) is 0 Å². The van der Waals surface area contributed by atoms with Gasteiger partial charge in [0.15, 0.2) is 11.5 Å². The highest BCUT2D eigenvalue weighted by atomic mass is 16.6. The van der Waals surface area contributed by atoms with E-state index in [1.807, 2.05) is 0 Å². The van der Waals surface area contributed by atoms with E-state index in [1.54, 1.807) is 59.7 Å². The molecule has 2 aliphatic rings. The predicted octanol–water partition coefficient (Wildman–Crippen LogP) is 3.93. The third-order valence-electron chi connectivity index (χ3n) is 4.01. The SMILES string of the molecule is CC(C)(C)OC(=O)N1CCN(C(=O)OC(C)(C)C)C1=Nc1ccc2c(c1)OCCO2. The zero-order valence-corrected chi connectivity index (χ0v) is 18.4. The summed E-state index contributed by atoms with van der Waals surface area (Å²) in [5.41, 5.74) is -0.852. The number of nitrogens with zero attached hydrogens (tertiary/aromatic N) is 3. The lowest BCUT2D eigenvalue weighted by Gasteiger charge is -2.27. The molecule has 0 spiro atoms. The molecule has 9 nitrogen and oxygen atoms in total. The Hall–Kier alpha value is -2.97. The van der Waals surface area contributed by atoms with Crippen LogP contribution in [0.2, 0.25) is 0 Å². The molecule has 3 rings (SSSR count). The van der Waals surface area contributed by atoms with Crippen LogP contribution in [0.5, 0.6) is 11.5 Å². The van der Waals surface area contributed by atoms with E-state index in [1.165, 1.54) is 9.80 Å². The van der Waals surface area contributed by atoms with Gasteiger partial charge in [-0.05, 0) is 53.7 Å². The lowest BCUT2D eigenvalue weighted by atomic mass is 10.2. The number of guanidine groups is 1. The summed E-state index contributed by atoms with van der Waals surface area (Å²) in [6.07, 6.45) is -1.16. The number of carbonyl (C=O) groups is 2. The summed E-state index contributed by atoms with van der Waals surface area (Å²) in [5.74, 6) is 1.34. The fourth-order valence-electron chi connectivity index (χ4n) is 2.86. The number of benzene rings is 1. The Bertz CT molecular complexity index is 815. The zero-order chi connectivity index (χ0) is 22.1. The number of ether oxygens (including phenoxy) is 4. The summed E-state index contributed by atoms with van der Waals surface area (Å²) < 4.78 is 22.1. The van der Waals surface area contributed by atoms with E-state index in [-0.39, 0.29) is 19.0 Å². The average Bonchev–Trinajstić information content (AvgIpc) is 3.02. The first-order valence-electron chi connectivity index (χ1n) is 9.92. The van der Waals surface area contributed by atoms with Gasteiger partial charge in [0.25, 0.3) is 0 Å². The number of hydrogen-bond acceptors (Lipinski definition) is 7. The van der Waals surface area contributed by atoms with E-state index < -0.39 is 23.4 Å². The van der Waals surface area contributed by atoms with Gasteiger partial charge >= 0.3 is 12.2 Å². The van der Waals surface area contributed by atoms with Crippen LogP contribution < -0.4 is 9.47 Å². The second kappa shape index (κ2) is 8.04. The van der Waals surface area contributed by atoms with E-state index in [9.17, 15) is 9.59 Å². The average molecular weight is 419 g/mol. The van der Waals surface area contributed by atoms with Gasteiger partial charge in [-0.3, -0.25) is 0 Å². The summed E-state index contributed by atoms with van der Waals surface area (Å²) in [5, 5.41) is 0. The van der Waals surface area contributed by atoms with Crippen molar-refractivity contribution in [1.82, 2.24) is 9.80 Å². The van der Waals surface area contributed by atoms with E-state index in [0.29, 0.717) is 30.4 Å². The molecule has 164 valence electrons. The van der Waals surface area contributed by atoms with E-state index in [0.717, 1.165) is 0 Å². The molecule has 1 aromatic rings. The van der Waals surface area contributed by atoms with Gasteiger partial charge in [-0.2, -0.15) is 0 Å². The second-order valence-electron chi connectivity index (χ2n) is 9.00. The van der Waals surface area contributed by atoms with Crippen LogP contribution in [0.4, 0.5) is 15.3 Å². The number of amides is 2. The van der Waals surface area contributed by atoms with Crippen molar-refractivity contribution in [2.45, 2.75) is 52.7 Å². The van der Waals surface area contributed by atoms with Crippen molar-refractivity contribution in [1.29, 1.82) is 0 Å². The van der Waals surface area contributed by atoms with Crippen LogP contribution in [0.25, 0.3) is 0 Å². The van der Waals surface area contributed by atoms with Gasteiger partial charge in [-0.25, -0.2) is 24.4 Å². The number of hydrogen-bond donors (Lipinski definition) is 0. The van der Waals surface area contributed by atoms with Crippen molar-refractivity contribution in [3.8, 4) is 11.5 Å². The molecular weight excluding hydrogens is 390 g/mol. The molecule has 1 saturated heterocycles. The maximum absolute atomic E-state index is 12.7. The molecule has 0 atom stereocenters. The zero-order valence-electron chi connectivity index (χ0n) is 18.4. The monoisotopic (exact) mass is 419 g/mol. The minimum atomic E-state index is -0.682. The molecule has 9 heteroatoms. The summed E-state index contributed by atoms with van der Waals surface area (Å²) in [6, 6.07) is 5.19. The first-order chi connectivity index (χ1) is 13.9.